The van der Waals surface area contributed by atoms with Crippen LogP contribution in [0.3, 0.4) is 0 Å². The molecule has 0 fully saturated rings. The lowest BCUT2D eigenvalue weighted by Crippen LogP contribution is -2.32. The lowest BCUT2D eigenvalue weighted by molar-refractivity contribution is -0.137. The molecule has 2 N–H and O–H groups in total. The summed E-state index contributed by atoms with van der Waals surface area (Å²) in [5.41, 5.74) is 1.37. The average molecular weight is 405 g/mol. The first-order chi connectivity index (χ1) is 13.2. The highest BCUT2D eigenvalue weighted by Crippen LogP contribution is 2.34. The molecule has 1 aromatic heterocycles. The van der Waals surface area contributed by atoms with Crippen LogP contribution in [0.1, 0.15) is 17.5 Å². The normalized spacial score (nSPS) is 12.5. The van der Waals surface area contributed by atoms with Crippen molar-refractivity contribution in [2.45, 2.75) is 26.1 Å². The Kier molecular flexibility index (Phi) is 5.69. The SMILES string of the molecule is Cc1nc(-c2ccc(NC(C)C(=O)Nc3ccccc3C(F)(F)F)cc2)cs1. The first kappa shape index (κ1) is 19.9. The van der Waals surface area contributed by atoms with Gasteiger partial charge in [-0.05, 0) is 38.1 Å². The lowest BCUT2D eigenvalue weighted by Gasteiger charge is -2.18. The fraction of sp³-hybridized carbons (Fsp3) is 0.200. The number of benzene rings is 2. The van der Waals surface area contributed by atoms with Crippen molar-refractivity contribution in [2.75, 3.05) is 10.6 Å². The smallest absolute Gasteiger partial charge is 0.374 e. The van der Waals surface area contributed by atoms with E-state index in [0.29, 0.717) is 5.69 Å². The van der Waals surface area contributed by atoms with Crippen molar-refractivity contribution >= 4 is 28.6 Å². The van der Waals surface area contributed by atoms with Crippen molar-refractivity contribution in [3.05, 3.63) is 64.5 Å². The van der Waals surface area contributed by atoms with E-state index in [1.807, 2.05) is 24.4 Å². The van der Waals surface area contributed by atoms with Gasteiger partial charge in [0.05, 0.1) is 22.0 Å². The van der Waals surface area contributed by atoms with Gasteiger partial charge in [0.1, 0.15) is 6.04 Å². The van der Waals surface area contributed by atoms with Gasteiger partial charge >= 0.3 is 6.18 Å². The number of thiazole rings is 1. The van der Waals surface area contributed by atoms with Crippen LogP contribution in [0.2, 0.25) is 0 Å². The molecule has 2 aromatic carbocycles. The monoisotopic (exact) mass is 405 g/mol. The Bertz CT molecular complexity index is 967. The molecule has 4 nitrogen and oxygen atoms in total. The Balaban J connectivity index is 1.66. The molecule has 1 atom stereocenters. The van der Waals surface area contributed by atoms with Gasteiger partial charge in [-0.1, -0.05) is 24.3 Å². The number of amides is 1. The summed E-state index contributed by atoms with van der Waals surface area (Å²) >= 11 is 1.56. The zero-order chi connectivity index (χ0) is 20.3. The summed E-state index contributed by atoms with van der Waals surface area (Å²) in [6.07, 6.45) is -4.54. The molecular formula is C20H18F3N3OS. The molecule has 0 bridgehead atoms. The summed E-state index contributed by atoms with van der Waals surface area (Å²) < 4.78 is 39.2. The number of anilines is 2. The molecule has 146 valence electrons. The topological polar surface area (TPSA) is 54.0 Å². The van der Waals surface area contributed by atoms with Gasteiger partial charge in [0.2, 0.25) is 5.91 Å². The minimum absolute atomic E-state index is 0.261. The predicted molar refractivity (Wildman–Crippen MR) is 105 cm³/mol. The molecule has 8 heteroatoms. The fourth-order valence-corrected chi connectivity index (χ4v) is 3.25. The second kappa shape index (κ2) is 8.02. The molecular weight excluding hydrogens is 387 g/mol. The fourth-order valence-electron chi connectivity index (χ4n) is 2.63. The van der Waals surface area contributed by atoms with E-state index in [2.05, 4.69) is 15.6 Å². The third-order valence-electron chi connectivity index (χ3n) is 4.07. The van der Waals surface area contributed by atoms with Crippen LogP contribution in [0.15, 0.2) is 53.9 Å². The van der Waals surface area contributed by atoms with Crippen LogP contribution in [0.4, 0.5) is 24.5 Å². The van der Waals surface area contributed by atoms with E-state index in [1.165, 1.54) is 18.2 Å². The van der Waals surface area contributed by atoms with Crippen LogP contribution >= 0.6 is 11.3 Å². The number of nitrogens with one attached hydrogen (secondary N) is 2. The quantitative estimate of drug-likeness (QED) is 0.583. The van der Waals surface area contributed by atoms with E-state index in [-0.39, 0.29) is 5.69 Å². The molecule has 0 aliphatic rings. The summed E-state index contributed by atoms with van der Waals surface area (Å²) in [6, 6.07) is 11.5. The van der Waals surface area contributed by atoms with Crippen molar-refractivity contribution < 1.29 is 18.0 Å². The van der Waals surface area contributed by atoms with Crippen molar-refractivity contribution in [3.63, 3.8) is 0 Å². The van der Waals surface area contributed by atoms with E-state index in [9.17, 15) is 18.0 Å². The summed E-state index contributed by atoms with van der Waals surface area (Å²) in [7, 11) is 0. The van der Waals surface area contributed by atoms with Crippen molar-refractivity contribution in [2.24, 2.45) is 0 Å². The van der Waals surface area contributed by atoms with Crippen LogP contribution in [-0.2, 0) is 11.0 Å². The lowest BCUT2D eigenvalue weighted by atomic mass is 10.1. The molecule has 0 radical (unpaired) electrons. The maximum atomic E-state index is 13.1. The summed E-state index contributed by atoms with van der Waals surface area (Å²) in [5, 5.41) is 8.28. The second-order valence-corrected chi connectivity index (χ2v) is 7.29. The Morgan fingerprint density at radius 3 is 2.39 bits per heavy atom. The molecule has 1 amide bonds. The van der Waals surface area contributed by atoms with Crippen molar-refractivity contribution in [1.29, 1.82) is 0 Å². The molecule has 0 aliphatic heterocycles. The second-order valence-electron chi connectivity index (χ2n) is 6.23. The first-order valence-electron chi connectivity index (χ1n) is 8.50. The van der Waals surface area contributed by atoms with Crippen molar-refractivity contribution in [1.82, 2.24) is 4.98 Å². The van der Waals surface area contributed by atoms with Crippen LogP contribution in [0.5, 0.6) is 0 Å². The molecule has 0 saturated heterocycles. The van der Waals surface area contributed by atoms with Gasteiger partial charge in [0, 0.05) is 16.6 Å². The van der Waals surface area contributed by atoms with Crippen molar-refractivity contribution in [3.8, 4) is 11.3 Å². The van der Waals surface area contributed by atoms with Gasteiger partial charge in [-0.3, -0.25) is 4.79 Å². The molecule has 3 aromatic rings. The van der Waals surface area contributed by atoms with E-state index in [1.54, 1.807) is 30.4 Å². The van der Waals surface area contributed by atoms with E-state index < -0.39 is 23.7 Å². The third-order valence-corrected chi connectivity index (χ3v) is 4.84. The molecule has 28 heavy (non-hydrogen) atoms. The van der Waals surface area contributed by atoms with E-state index >= 15 is 0 Å². The zero-order valence-corrected chi connectivity index (χ0v) is 16.0. The Morgan fingerprint density at radius 2 is 1.79 bits per heavy atom. The molecule has 1 heterocycles. The number of carbonyl (C=O) groups excluding carboxylic acids is 1. The van der Waals surface area contributed by atoms with Gasteiger partial charge in [-0.15, -0.1) is 11.3 Å². The van der Waals surface area contributed by atoms with Gasteiger partial charge in [-0.25, -0.2) is 4.98 Å². The number of hydrogen-bond donors (Lipinski definition) is 2. The summed E-state index contributed by atoms with van der Waals surface area (Å²) in [6.45, 7) is 3.52. The summed E-state index contributed by atoms with van der Waals surface area (Å²) in [5.74, 6) is -0.559. The number of halogens is 3. The molecule has 1 unspecified atom stereocenters. The number of rotatable bonds is 5. The Morgan fingerprint density at radius 1 is 1.11 bits per heavy atom. The number of aryl methyl sites for hydroxylation is 1. The van der Waals surface area contributed by atoms with E-state index in [0.717, 1.165) is 22.3 Å². The number of para-hydroxylation sites is 1. The maximum absolute atomic E-state index is 13.1. The van der Waals surface area contributed by atoms with Gasteiger partial charge in [0.25, 0.3) is 0 Å². The van der Waals surface area contributed by atoms with Crippen LogP contribution in [0.25, 0.3) is 11.3 Å². The van der Waals surface area contributed by atoms with Gasteiger partial charge < -0.3 is 10.6 Å². The molecule has 0 aliphatic carbocycles. The minimum Gasteiger partial charge on any atom is -0.374 e. The Hall–Kier alpha value is -2.87. The number of hydrogen-bond acceptors (Lipinski definition) is 4. The zero-order valence-electron chi connectivity index (χ0n) is 15.2. The number of carbonyl (C=O) groups is 1. The minimum atomic E-state index is -4.54. The van der Waals surface area contributed by atoms with Crippen LogP contribution < -0.4 is 10.6 Å². The number of nitrogens with zero attached hydrogens (tertiary/aromatic N) is 1. The maximum Gasteiger partial charge on any atom is 0.418 e. The predicted octanol–water partition coefficient (Wildman–Crippen LogP) is 5.58. The highest BCUT2D eigenvalue weighted by molar-refractivity contribution is 7.09. The first-order valence-corrected chi connectivity index (χ1v) is 9.38. The van der Waals surface area contributed by atoms with E-state index in [4.69, 9.17) is 0 Å². The van der Waals surface area contributed by atoms with Gasteiger partial charge in [0.15, 0.2) is 0 Å². The average Bonchev–Trinajstić information content (AvgIpc) is 3.08. The largest absolute Gasteiger partial charge is 0.418 e. The molecule has 3 rings (SSSR count). The molecule has 0 saturated carbocycles. The summed E-state index contributed by atoms with van der Waals surface area (Å²) in [4.78, 5) is 16.8. The van der Waals surface area contributed by atoms with Crippen LogP contribution in [-0.4, -0.2) is 16.9 Å². The highest BCUT2D eigenvalue weighted by atomic mass is 32.1. The third kappa shape index (κ3) is 4.69. The number of alkyl halides is 3. The highest BCUT2D eigenvalue weighted by Gasteiger charge is 2.33. The Labute approximate surface area is 164 Å². The molecule has 0 spiro atoms. The number of aromatic nitrogens is 1. The standard InChI is InChI=1S/C20H18F3N3OS/c1-12(19(27)26-17-6-4-3-5-16(17)20(21,22)23)24-15-9-7-14(8-10-15)18-11-28-13(2)25-18/h3-12,24H,1-2H3,(H,26,27). The van der Waals surface area contributed by atoms with Gasteiger partial charge in [-0.2, -0.15) is 13.2 Å². The van der Waals surface area contributed by atoms with Crippen LogP contribution in [0, 0.1) is 6.92 Å².